The van der Waals surface area contributed by atoms with Crippen molar-refractivity contribution in [2.75, 3.05) is 7.11 Å². The quantitative estimate of drug-likeness (QED) is 0.616. The molecule has 1 heterocycles. The molecule has 1 rings (SSSR count). The second kappa shape index (κ2) is 4.98. The van der Waals surface area contributed by atoms with Gasteiger partial charge < -0.3 is 10.5 Å². The Balaban J connectivity index is 3.09. The molecule has 0 fully saturated rings. The molecule has 0 saturated carbocycles. The van der Waals surface area contributed by atoms with Crippen LogP contribution in [0.3, 0.4) is 0 Å². The van der Waals surface area contributed by atoms with Gasteiger partial charge in [0.15, 0.2) is 0 Å². The Labute approximate surface area is 88.5 Å². The van der Waals surface area contributed by atoms with E-state index in [2.05, 4.69) is 11.6 Å². The summed E-state index contributed by atoms with van der Waals surface area (Å²) in [6.07, 6.45) is 3.97. The minimum absolute atomic E-state index is 0.219. The van der Waals surface area contributed by atoms with Crippen LogP contribution in [0.25, 0.3) is 0 Å². The predicted molar refractivity (Wildman–Crippen MR) is 57.5 cm³/mol. The van der Waals surface area contributed by atoms with Crippen molar-refractivity contribution in [1.29, 1.82) is 0 Å². The molecule has 1 aromatic heterocycles. The number of nitrogens with two attached hydrogens (primary N) is 1. The van der Waals surface area contributed by atoms with E-state index in [1.807, 2.05) is 0 Å². The highest BCUT2D eigenvalue weighted by molar-refractivity contribution is 6.30. The van der Waals surface area contributed by atoms with E-state index in [1.54, 1.807) is 25.4 Å². The third kappa shape index (κ3) is 2.25. The highest BCUT2D eigenvalue weighted by atomic mass is 35.5. The lowest BCUT2D eigenvalue weighted by molar-refractivity contribution is 0.405. The number of halogens is 1. The predicted octanol–water partition coefficient (Wildman–Crippen LogP) is 2.32. The van der Waals surface area contributed by atoms with E-state index in [4.69, 9.17) is 22.1 Å². The molecule has 1 atom stereocenters. The van der Waals surface area contributed by atoms with E-state index in [0.29, 0.717) is 17.3 Å². The summed E-state index contributed by atoms with van der Waals surface area (Å²) >= 11 is 5.93. The average molecular weight is 213 g/mol. The number of hydrogen-bond acceptors (Lipinski definition) is 3. The molecular formula is C10H13ClN2O. The van der Waals surface area contributed by atoms with Gasteiger partial charge in [-0.1, -0.05) is 17.7 Å². The van der Waals surface area contributed by atoms with E-state index < -0.39 is 0 Å². The van der Waals surface area contributed by atoms with Crippen LogP contribution in [-0.4, -0.2) is 12.1 Å². The fraction of sp³-hybridized carbons (Fsp3) is 0.300. The molecule has 0 aliphatic carbocycles. The first-order chi connectivity index (χ1) is 6.70. The fourth-order valence-corrected chi connectivity index (χ4v) is 1.53. The Morgan fingerprint density at radius 3 is 3.07 bits per heavy atom. The molecule has 3 nitrogen and oxygen atoms in total. The normalized spacial score (nSPS) is 12.2. The second-order valence-corrected chi connectivity index (χ2v) is 3.21. The zero-order valence-corrected chi connectivity index (χ0v) is 8.79. The van der Waals surface area contributed by atoms with E-state index in [-0.39, 0.29) is 6.04 Å². The summed E-state index contributed by atoms with van der Waals surface area (Å²) in [6.45, 7) is 3.63. The minimum Gasteiger partial charge on any atom is -0.496 e. The molecule has 0 saturated heterocycles. The van der Waals surface area contributed by atoms with Gasteiger partial charge in [0.05, 0.1) is 7.11 Å². The maximum Gasteiger partial charge on any atom is 0.137 e. The highest BCUT2D eigenvalue weighted by Crippen LogP contribution is 2.30. The maximum absolute atomic E-state index is 5.93. The Bertz CT molecular complexity index is 328. The van der Waals surface area contributed by atoms with Crippen LogP contribution in [0.4, 0.5) is 0 Å². The standard InChI is InChI=1S/C10H13ClN2O/c1-3-4-7(12)9-8(14-2)5-6-13-10(9)11/h3,5-7H,1,4,12H2,2H3/t7-/m1/s1. The molecule has 14 heavy (non-hydrogen) atoms. The van der Waals surface area contributed by atoms with Gasteiger partial charge in [0.25, 0.3) is 0 Å². The number of hydrogen-bond donors (Lipinski definition) is 1. The SMILES string of the molecule is C=CC[C@@H](N)c1c(OC)ccnc1Cl. The highest BCUT2D eigenvalue weighted by Gasteiger charge is 2.15. The van der Waals surface area contributed by atoms with Gasteiger partial charge in [0, 0.05) is 17.8 Å². The van der Waals surface area contributed by atoms with Gasteiger partial charge in [-0.3, -0.25) is 0 Å². The van der Waals surface area contributed by atoms with Gasteiger partial charge >= 0.3 is 0 Å². The zero-order valence-electron chi connectivity index (χ0n) is 8.03. The van der Waals surface area contributed by atoms with Crippen molar-refractivity contribution in [2.24, 2.45) is 5.73 Å². The van der Waals surface area contributed by atoms with Crippen molar-refractivity contribution in [2.45, 2.75) is 12.5 Å². The van der Waals surface area contributed by atoms with Crippen molar-refractivity contribution in [3.8, 4) is 5.75 Å². The average Bonchev–Trinajstić information content (AvgIpc) is 2.17. The topological polar surface area (TPSA) is 48.1 Å². The van der Waals surface area contributed by atoms with Crippen LogP contribution in [0.5, 0.6) is 5.75 Å². The third-order valence-corrected chi connectivity index (χ3v) is 2.21. The number of rotatable bonds is 4. The lowest BCUT2D eigenvalue weighted by atomic mass is 10.1. The molecule has 2 N–H and O–H groups in total. The molecule has 0 aliphatic rings. The van der Waals surface area contributed by atoms with Crippen molar-refractivity contribution < 1.29 is 4.74 Å². The second-order valence-electron chi connectivity index (χ2n) is 2.85. The van der Waals surface area contributed by atoms with Crippen LogP contribution in [0, 0.1) is 0 Å². The summed E-state index contributed by atoms with van der Waals surface area (Å²) in [4.78, 5) is 3.96. The Morgan fingerprint density at radius 2 is 2.50 bits per heavy atom. The van der Waals surface area contributed by atoms with E-state index >= 15 is 0 Å². The molecule has 0 unspecified atom stereocenters. The van der Waals surface area contributed by atoms with Crippen LogP contribution in [0.1, 0.15) is 18.0 Å². The first-order valence-electron chi connectivity index (χ1n) is 4.25. The van der Waals surface area contributed by atoms with Crippen LogP contribution in [0.15, 0.2) is 24.9 Å². The summed E-state index contributed by atoms with van der Waals surface area (Å²) in [5.41, 5.74) is 6.64. The Kier molecular flexibility index (Phi) is 3.92. The van der Waals surface area contributed by atoms with Crippen molar-refractivity contribution in [3.63, 3.8) is 0 Å². The van der Waals surface area contributed by atoms with Crippen molar-refractivity contribution >= 4 is 11.6 Å². The smallest absolute Gasteiger partial charge is 0.137 e. The number of ether oxygens (including phenoxy) is 1. The molecule has 0 aromatic carbocycles. The summed E-state index contributed by atoms with van der Waals surface area (Å²) < 4.78 is 5.15. The summed E-state index contributed by atoms with van der Waals surface area (Å²) in [7, 11) is 1.58. The van der Waals surface area contributed by atoms with Gasteiger partial charge in [0.2, 0.25) is 0 Å². The van der Waals surface area contributed by atoms with Crippen LogP contribution in [0.2, 0.25) is 5.15 Å². The molecule has 76 valence electrons. The Morgan fingerprint density at radius 1 is 1.79 bits per heavy atom. The Hall–Kier alpha value is -1.06. The van der Waals surface area contributed by atoms with E-state index in [9.17, 15) is 0 Å². The molecule has 4 heteroatoms. The molecule has 0 bridgehead atoms. The number of nitrogens with zero attached hydrogens (tertiary/aromatic N) is 1. The molecule has 0 spiro atoms. The van der Waals surface area contributed by atoms with Gasteiger partial charge in [-0.05, 0) is 12.5 Å². The van der Waals surface area contributed by atoms with E-state index in [1.165, 1.54) is 0 Å². The minimum atomic E-state index is -0.219. The van der Waals surface area contributed by atoms with Crippen LogP contribution in [-0.2, 0) is 0 Å². The van der Waals surface area contributed by atoms with Crippen molar-refractivity contribution in [1.82, 2.24) is 4.98 Å². The molecule has 0 radical (unpaired) electrons. The number of aromatic nitrogens is 1. The molecular weight excluding hydrogens is 200 g/mol. The van der Waals surface area contributed by atoms with Gasteiger partial charge in [-0.25, -0.2) is 4.98 Å². The largest absolute Gasteiger partial charge is 0.496 e. The van der Waals surface area contributed by atoms with Gasteiger partial charge in [0.1, 0.15) is 10.9 Å². The van der Waals surface area contributed by atoms with Gasteiger partial charge in [-0.2, -0.15) is 0 Å². The lowest BCUT2D eigenvalue weighted by Gasteiger charge is -2.14. The lowest BCUT2D eigenvalue weighted by Crippen LogP contribution is -2.11. The first-order valence-corrected chi connectivity index (χ1v) is 4.63. The summed E-state index contributed by atoms with van der Waals surface area (Å²) in [5.74, 6) is 0.666. The van der Waals surface area contributed by atoms with Crippen LogP contribution >= 0.6 is 11.6 Å². The maximum atomic E-state index is 5.93. The molecule has 1 aromatic rings. The fourth-order valence-electron chi connectivity index (χ4n) is 1.24. The molecule has 0 amide bonds. The summed E-state index contributed by atoms with van der Waals surface area (Å²) in [5, 5.41) is 0.388. The third-order valence-electron chi connectivity index (χ3n) is 1.91. The van der Waals surface area contributed by atoms with Crippen LogP contribution < -0.4 is 10.5 Å². The first kappa shape index (κ1) is 11.0. The number of pyridine rings is 1. The summed E-state index contributed by atoms with van der Waals surface area (Å²) in [6, 6.07) is 1.52. The number of methoxy groups -OCH3 is 1. The van der Waals surface area contributed by atoms with E-state index in [0.717, 1.165) is 5.56 Å². The molecule has 0 aliphatic heterocycles. The van der Waals surface area contributed by atoms with Crippen molar-refractivity contribution in [3.05, 3.63) is 35.6 Å². The zero-order chi connectivity index (χ0) is 10.6. The monoisotopic (exact) mass is 212 g/mol. The van der Waals surface area contributed by atoms with Gasteiger partial charge in [-0.15, -0.1) is 6.58 Å².